The van der Waals surface area contributed by atoms with Gasteiger partial charge in [-0.1, -0.05) is 19.3 Å². The first-order valence-electron chi connectivity index (χ1n) is 5.60. The molecule has 0 aromatic heterocycles. The predicted octanol–water partition coefficient (Wildman–Crippen LogP) is 1.84. The second-order valence-electron chi connectivity index (χ2n) is 4.89. The van der Waals surface area contributed by atoms with Crippen LogP contribution in [-0.2, 0) is 0 Å². The van der Waals surface area contributed by atoms with E-state index >= 15 is 0 Å². The van der Waals surface area contributed by atoms with Crippen LogP contribution in [0, 0.1) is 5.92 Å². The van der Waals surface area contributed by atoms with Crippen molar-refractivity contribution in [2.45, 2.75) is 63.1 Å². The standard InChI is InChI=1S/C11H20O2/c12-10-5-3-4-9(10)8-11(13)6-1-2-7-11/h9-10,12-13H,1-8H2. The number of rotatable bonds is 2. The zero-order valence-electron chi connectivity index (χ0n) is 8.21. The molecule has 2 nitrogen and oxygen atoms in total. The Kier molecular flexibility index (Phi) is 2.61. The van der Waals surface area contributed by atoms with Gasteiger partial charge in [-0.2, -0.15) is 0 Å². The third kappa shape index (κ3) is 2.05. The van der Waals surface area contributed by atoms with Gasteiger partial charge in [0.05, 0.1) is 11.7 Å². The summed E-state index contributed by atoms with van der Waals surface area (Å²) in [5.74, 6) is 0.378. The zero-order valence-corrected chi connectivity index (χ0v) is 8.21. The Morgan fingerprint density at radius 1 is 1.08 bits per heavy atom. The van der Waals surface area contributed by atoms with E-state index in [1.165, 1.54) is 12.8 Å². The third-order valence-corrected chi connectivity index (χ3v) is 3.80. The highest BCUT2D eigenvalue weighted by Crippen LogP contribution is 2.39. The summed E-state index contributed by atoms with van der Waals surface area (Å²) in [5, 5.41) is 19.8. The van der Waals surface area contributed by atoms with Gasteiger partial charge in [0.2, 0.25) is 0 Å². The first-order chi connectivity index (χ1) is 6.20. The summed E-state index contributed by atoms with van der Waals surface area (Å²) in [5.41, 5.74) is -0.421. The van der Waals surface area contributed by atoms with E-state index in [4.69, 9.17) is 0 Å². The maximum atomic E-state index is 10.2. The fraction of sp³-hybridized carbons (Fsp3) is 1.00. The van der Waals surface area contributed by atoms with E-state index in [1.54, 1.807) is 0 Å². The highest BCUT2D eigenvalue weighted by molar-refractivity contribution is 4.90. The molecule has 0 aromatic carbocycles. The van der Waals surface area contributed by atoms with Crippen LogP contribution in [-0.4, -0.2) is 21.9 Å². The Bertz CT molecular complexity index is 173. The Morgan fingerprint density at radius 3 is 2.31 bits per heavy atom. The lowest BCUT2D eigenvalue weighted by atomic mass is 9.87. The molecule has 2 aliphatic rings. The molecule has 2 atom stereocenters. The van der Waals surface area contributed by atoms with Crippen molar-refractivity contribution in [2.75, 3.05) is 0 Å². The van der Waals surface area contributed by atoms with Gasteiger partial charge in [0, 0.05) is 0 Å². The minimum atomic E-state index is -0.421. The lowest BCUT2D eigenvalue weighted by Crippen LogP contribution is -2.30. The molecule has 0 heterocycles. The van der Waals surface area contributed by atoms with Gasteiger partial charge in [0.25, 0.3) is 0 Å². The molecular formula is C11H20O2. The highest BCUT2D eigenvalue weighted by atomic mass is 16.3. The Morgan fingerprint density at radius 2 is 1.77 bits per heavy atom. The maximum absolute atomic E-state index is 10.2. The smallest absolute Gasteiger partial charge is 0.0651 e. The van der Waals surface area contributed by atoms with Gasteiger partial charge in [0.1, 0.15) is 0 Å². The van der Waals surface area contributed by atoms with Crippen molar-refractivity contribution in [3.8, 4) is 0 Å². The second-order valence-corrected chi connectivity index (χ2v) is 4.89. The summed E-state index contributed by atoms with van der Waals surface area (Å²) in [6.45, 7) is 0. The van der Waals surface area contributed by atoms with Crippen LogP contribution in [0.3, 0.4) is 0 Å². The topological polar surface area (TPSA) is 40.5 Å². The first-order valence-corrected chi connectivity index (χ1v) is 5.60. The molecule has 2 aliphatic carbocycles. The second kappa shape index (κ2) is 3.58. The summed E-state index contributed by atoms with van der Waals surface area (Å²) >= 11 is 0. The van der Waals surface area contributed by atoms with Gasteiger partial charge < -0.3 is 10.2 Å². The minimum Gasteiger partial charge on any atom is -0.393 e. The Hall–Kier alpha value is -0.0800. The molecular weight excluding hydrogens is 164 g/mol. The normalized spacial score (nSPS) is 38.3. The summed E-state index contributed by atoms with van der Waals surface area (Å²) in [4.78, 5) is 0. The molecule has 0 aromatic rings. The van der Waals surface area contributed by atoms with E-state index in [-0.39, 0.29) is 6.10 Å². The summed E-state index contributed by atoms with van der Waals surface area (Å²) in [7, 11) is 0. The van der Waals surface area contributed by atoms with E-state index in [2.05, 4.69) is 0 Å². The van der Waals surface area contributed by atoms with Gasteiger partial charge in [-0.15, -0.1) is 0 Å². The van der Waals surface area contributed by atoms with Crippen LogP contribution in [0.25, 0.3) is 0 Å². The van der Waals surface area contributed by atoms with Gasteiger partial charge >= 0.3 is 0 Å². The molecule has 0 amide bonds. The lowest BCUT2D eigenvalue weighted by molar-refractivity contribution is 0.000879. The van der Waals surface area contributed by atoms with E-state index in [0.29, 0.717) is 5.92 Å². The van der Waals surface area contributed by atoms with E-state index in [9.17, 15) is 10.2 Å². The molecule has 2 heteroatoms. The van der Waals surface area contributed by atoms with Crippen molar-refractivity contribution in [1.82, 2.24) is 0 Å². The van der Waals surface area contributed by atoms with Crippen molar-refractivity contribution in [2.24, 2.45) is 5.92 Å². The lowest BCUT2D eigenvalue weighted by Gasteiger charge is -2.27. The zero-order chi connectivity index (χ0) is 9.31. The van der Waals surface area contributed by atoms with Crippen LogP contribution < -0.4 is 0 Å². The number of hydrogen-bond acceptors (Lipinski definition) is 2. The highest BCUT2D eigenvalue weighted by Gasteiger charge is 2.37. The molecule has 2 rings (SSSR count). The van der Waals surface area contributed by atoms with Crippen molar-refractivity contribution in [3.63, 3.8) is 0 Å². The average Bonchev–Trinajstić information content (AvgIpc) is 2.64. The third-order valence-electron chi connectivity index (χ3n) is 3.80. The Labute approximate surface area is 80.0 Å². The van der Waals surface area contributed by atoms with Gasteiger partial charge in [0.15, 0.2) is 0 Å². The average molecular weight is 184 g/mol. The van der Waals surface area contributed by atoms with Crippen molar-refractivity contribution < 1.29 is 10.2 Å². The van der Waals surface area contributed by atoms with Gasteiger partial charge in [-0.05, 0) is 38.0 Å². The quantitative estimate of drug-likeness (QED) is 0.687. The molecule has 2 saturated carbocycles. The molecule has 2 fully saturated rings. The number of aliphatic hydroxyl groups is 2. The van der Waals surface area contributed by atoms with Crippen LogP contribution in [0.15, 0.2) is 0 Å². The largest absolute Gasteiger partial charge is 0.393 e. The molecule has 0 aliphatic heterocycles. The molecule has 76 valence electrons. The van der Waals surface area contributed by atoms with E-state index in [0.717, 1.165) is 38.5 Å². The monoisotopic (exact) mass is 184 g/mol. The SMILES string of the molecule is OC1CCCC1CC1(O)CCCC1. The first kappa shape index (κ1) is 9.47. The van der Waals surface area contributed by atoms with Gasteiger partial charge in [-0.3, -0.25) is 0 Å². The summed E-state index contributed by atoms with van der Waals surface area (Å²) in [6.07, 6.45) is 8.15. The molecule has 0 bridgehead atoms. The van der Waals surface area contributed by atoms with E-state index in [1.807, 2.05) is 0 Å². The van der Waals surface area contributed by atoms with Crippen LogP contribution in [0.4, 0.5) is 0 Å². The Balaban J connectivity index is 1.88. The van der Waals surface area contributed by atoms with Crippen LogP contribution in [0.5, 0.6) is 0 Å². The van der Waals surface area contributed by atoms with Crippen molar-refractivity contribution in [1.29, 1.82) is 0 Å². The van der Waals surface area contributed by atoms with Crippen LogP contribution in [0.1, 0.15) is 51.4 Å². The molecule has 2 N–H and O–H groups in total. The molecule has 0 spiro atoms. The molecule has 0 saturated heterocycles. The molecule has 2 unspecified atom stereocenters. The number of hydrogen-bond donors (Lipinski definition) is 2. The van der Waals surface area contributed by atoms with Crippen molar-refractivity contribution >= 4 is 0 Å². The van der Waals surface area contributed by atoms with Crippen molar-refractivity contribution in [3.05, 3.63) is 0 Å². The fourth-order valence-corrected chi connectivity index (χ4v) is 2.98. The molecule has 13 heavy (non-hydrogen) atoms. The van der Waals surface area contributed by atoms with E-state index < -0.39 is 5.60 Å². The van der Waals surface area contributed by atoms with Crippen LogP contribution in [0.2, 0.25) is 0 Å². The fourth-order valence-electron chi connectivity index (χ4n) is 2.98. The maximum Gasteiger partial charge on any atom is 0.0651 e. The van der Waals surface area contributed by atoms with Gasteiger partial charge in [-0.25, -0.2) is 0 Å². The summed E-state index contributed by atoms with van der Waals surface area (Å²) < 4.78 is 0. The minimum absolute atomic E-state index is 0.135. The number of aliphatic hydroxyl groups excluding tert-OH is 1. The molecule has 0 radical (unpaired) electrons. The predicted molar refractivity (Wildman–Crippen MR) is 51.4 cm³/mol. The van der Waals surface area contributed by atoms with Crippen LogP contribution >= 0.6 is 0 Å². The summed E-state index contributed by atoms with van der Waals surface area (Å²) in [6, 6.07) is 0.